The largest absolute Gasteiger partial charge is 0.438 e. The molecule has 4 aromatic heterocycles. The molecule has 7 nitrogen and oxygen atoms in total. The Bertz CT molecular complexity index is 2030. The lowest BCUT2D eigenvalue weighted by molar-refractivity contribution is -0.129. The molecule has 182 valence electrons. The highest BCUT2D eigenvalue weighted by molar-refractivity contribution is 7.16. The van der Waals surface area contributed by atoms with Crippen LogP contribution in [0.25, 0.3) is 43.5 Å². The highest BCUT2D eigenvalue weighted by Crippen LogP contribution is 2.37. The van der Waals surface area contributed by atoms with Crippen LogP contribution in [0.15, 0.2) is 73.1 Å². The standard InChI is InChI=1S/C28H19N3O4S2/c29-24-22-17(14-6-1-3-10-20(14)34-24)12-36-27(22)31-26-23-18(15-7-2-4-11-21(15)35-26)13-37-28(23)30-25(33)16-8-5-9-19(16)32/h1-4,6-7,10-13,16,29H,5,8-9H2,(H,30,33)/b29-24?,31-26+. The number of hydrogen-bond donors (Lipinski definition) is 2. The van der Waals surface area contributed by atoms with Gasteiger partial charge < -0.3 is 14.2 Å². The summed E-state index contributed by atoms with van der Waals surface area (Å²) in [6.07, 6.45) is 1.76. The van der Waals surface area contributed by atoms with Crippen molar-refractivity contribution < 1.29 is 18.4 Å². The Kier molecular flexibility index (Phi) is 5.09. The minimum Gasteiger partial charge on any atom is -0.438 e. The van der Waals surface area contributed by atoms with Crippen LogP contribution in [-0.2, 0) is 9.59 Å². The van der Waals surface area contributed by atoms with E-state index in [-0.39, 0.29) is 17.2 Å². The zero-order valence-corrected chi connectivity index (χ0v) is 21.0. The first kappa shape index (κ1) is 22.1. The molecule has 2 N–H and O–H groups in total. The summed E-state index contributed by atoms with van der Waals surface area (Å²) in [4.78, 5) is 30.1. The number of amides is 1. The van der Waals surface area contributed by atoms with Crippen LogP contribution in [0.1, 0.15) is 19.3 Å². The predicted octanol–water partition coefficient (Wildman–Crippen LogP) is 6.63. The van der Waals surface area contributed by atoms with Crippen molar-refractivity contribution in [3.8, 4) is 0 Å². The van der Waals surface area contributed by atoms with Crippen LogP contribution >= 0.6 is 22.7 Å². The molecule has 0 saturated heterocycles. The minimum absolute atomic E-state index is 0.0117. The van der Waals surface area contributed by atoms with Gasteiger partial charge in [0.1, 0.15) is 27.0 Å². The fourth-order valence-corrected chi connectivity index (χ4v) is 6.93. The molecule has 0 spiro atoms. The zero-order valence-electron chi connectivity index (χ0n) is 19.4. The van der Waals surface area contributed by atoms with Gasteiger partial charge in [-0.15, -0.1) is 22.7 Å². The van der Waals surface area contributed by atoms with Gasteiger partial charge in [-0.05, 0) is 25.0 Å². The quantitative estimate of drug-likeness (QED) is 0.253. The van der Waals surface area contributed by atoms with Gasteiger partial charge in [-0.25, -0.2) is 4.99 Å². The highest BCUT2D eigenvalue weighted by Gasteiger charge is 2.31. The van der Waals surface area contributed by atoms with Crippen molar-refractivity contribution in [1.29, 1.82) is 5.41 Å². The maximum absolute atomic E-state index is 13.0. The number of thiophene rings is 2. The third kappa shape index (κ3) is 3.53. The molecule has 0 bridgehead atoms. The molecule has 1 amide bonds. The first-order valence-corrected chi connectivity index (χ1v) is 13.6. The van der Waals surface area contributed by atoms with Gasteiger partial charge in [0.15, 0.2) is 0 Å². The van der Waals surface area contributed by atoms with Crippen molar-refractivity contribution in [1.82, 2.24) is 0 Å². The summed E-state index contributed by atoms with van der Waals surface area (Å²) in [5.74, 6) is -0.912. The Morgan fingerprint density at radius 2 is 1.59 bits per heavy atom. The van der Waals surface area contributed by atoms with Gasteiger partial charge in [-0.1, -0.05) is 36.4 Å². The van der Waals surface area contributed by atoms with E-state index in [1.54, 1.807) is 0 Å². The normalized spacial score (nSPS) is 16.5. The number of carbonyl (C=O) groups excluding carboxylic acids is 2. The number of anilines is 1. The van der Waals surface area contributed by atoms with Gasteiger partial charge in [-0.2, -0.15) is 0 Å². The SMILES string of the molecule is N=c1oc2ccccc2c2csc(/N=c3/oc4ccccc4c4csc(NC(=O)C5CCCC5=O)c34)c12. The molecule has 9 heteroatoms. The first-order valence-electron chi connectivity index (χ1n) is 11.9. The topological polar surface area (TPSA) is 109 Å². The smallest absolute Gasteiger partial charge is 0.235 e. The Morgan fingerprint density at radius 1 is 0.919 bits per heavy atom. The molecule has 37 heavy (non-hydrogen) atoms. The van der Waals surface area contributed by atoms with E-state index in [2.05, 4.69) is 5.32 Å². The van der Waals surface area contributed by atoms with Crippen molar-refractivity contribution >= 4 is 87.8 Å². The number of fused-ring (bicyclic) bond motifs is 6. The monoisotopic (exact) mass is 525 g/mol. The van der Waals surface area contributed by atoms with E-state index in [0.717, 1.165) is 28.0 Å². The molecule has 1 aliphatic carbocycles. The minimum atomic E-state index is -0.614. The van der Waals surface area contributed by atoms with Crippen molar-refractivity contribution in [3.05, 3.63) is 70.4 Å². The van der Waals surface area contributed by atoms with Gasteiger partial charge in [0.2, 0.25) is 17.0 Å². The summed E-state index contributed by atoms with van der Waals surface area (Å²) in [5.41, 5.74) is 1.67. The van der Waals surface area contributed by atoms with Gasteiger partial charge in [0.25, 0.3) is 0 Å². The lowest BCUT2D eigenvalue weighted by atomic mass is 10.1. The van der Waals surface area contributed by atoms with Gasteiger partial charge in [0.05, 0.1) is 16.7 Å². The summed E-state index contributed by atoms with van der Waals surface area (Å²) >= 11 is 2.79. The second kappa shape index (κ2) is 8.50. The summed E-state index contributed by atoms with van der Waals surface area (Å²) in [6.45, 7) is 0. The number of Topliss-reactive ketones (excluding diaryl/α,β-unsaturated/α-hetero) is 1. The molecular formula is C28H19N3O4S2. The van der Waals surface area contributed by atoms with Crippen LogP contribution in [-0.4, -0.2) is 11.7 Å². The Morgan fingerprint density at radius 3 is 2.32 bits per heavy atom. The van der Waals surface area contributed by atoms with Gasteiger partial charge in [0, 0.05) is 38.7 Å². The molecule has 0 radical (unpaired) electrons. The molecule has 7 rings (SSSR count). The number of para-hydroxylation sites is 2. The van der Waals surface area contributed by atoms with Crippen LogP contribution in [0.3, 0.4) is 0 Å². The number of ketones is 1. The number of nitrogens with zero attached hydrogens (tertiary/aromatic N) is 1. The van der Waals surface area contributed by atoms with Gasteiger partial charge in [-0.3, -0.25) is 15.0 Å². The summed E-state index contributed by atoms with van der Waals surface area (Å²) in [7, 11) is 0. The number of hydrogen-bond acceptors (Lipinski definition) is 8. The van der Waals surface area contributed by atoms with E-state index in [4.69, 9.17) is 19.2 Å². The van der Waals surface area contributed by atoms with Crippen LogP contribution in [0, 0.1) is 11.3 Å². The second-order valence-electron chi connectivity index (χ2n) is 9.03. The molecule has 1 atom stereocenters. The van der Waals surface area contributed by atoms with E-state index in [1.165, 1.54) is 22.7 Å². The molecule has 1 aliphatic rings. The zero-order chi connectivity index (χ0) is 25.1. The van der Waals surface area contributed by atoms with Crippen molar-refractivity contribution in [2.45, 2.75) is 19.3 Å². The molecule has 2 aromatic carbocycles. The number of carbonyl (C=O) groups is 2. The molecule has 1 fully saturated rings. The van der Waals surface area contributed by atoms with Crippen LogP contribution < -0.4 is 16.4 Å². The third-order valence-electron chi connectivity index (χ3n) is 6.84. The Labute approximate surface area is 217 Å². The van der Waals surface area contributed by atoms with E-state index < -0.39 is 5.92 Å². The van der Waals surface area contributed by atoms with Crippen LogP contribution in [0.2, 0.25) is 0 Å². The fraction of sp³-hybridized carbons (Fsp3) is 0.143. The van der Waals surface area contributed by atoms with E-state index in [1.807, 2.05) is 59.3 Å². The summed E-state index contributed by atoms with van der Waals surface area (Å²) in [5, 5.41) is 21.6. The highest BCUT2D eigenvalue weighted by atomic mass is 32.1. The number of rotatable bonds is 3. The average molecular weight is 526 g/mol. The van der Waals surface area contributed by atoms with Crippen molar-refractivity contribution in [2.75, 3.05) is 5.32 Å². The molecular weight excluding hydrogens is 506 g/mol. The molecule has 4 heterocycles. The summed E-state index contributed by atoms with van der Waals surface area (Å²) in [6, 6.07) is 15.3. The molecule has 1 unspecified atom stereocenters. The van der Waals surface area contributed by atoms with E-state index >= 15 is 0 Å². The van der Waals surface area contributed by atoms with Crippen LogP contribution in [0.4, 0.5) is 10.0 Å². The van der Waals surface area contributed by atoms with Crippen molar-refractivity contribution in [2.24, 2.45) is 10.9 Å². The summed E-state index contributed by atoms with van der Waals surface area (Å²) < 4.78 is 12.1. The van der Waals surface area contributed by atoms with E-state index in [9.17, 15) is 9.59 Å². The van der Waals surface area contributed by atoms with Gasteiger partial charge >= 0.3 is 0 Å². The Hall–Kier alpha value is -4.08. The first-order chi connectivity index (χ1) is 18.1. The maximum Gasteiger partial charge on any atom is 0.235 e. The lowest BCUT2D eigenvalue weighted by Gasteiger charge is -2.09. The molecule has 0 aliphatic heterocycles. The van der Waals surface area contributed by atoms with E-state index in [0.29, 0.717) is 50.3 Å². The molecule has 6 aromatic rings. The van der Waals surface area contributed by atoms with Crippen molar-refractivity contribution in [3.63, 3.8) is 0 Å². The Balaban J connectivity index is 1.47. The maximum atomic E-state index is 13.0. The molecule has 1 saturated carbocycles. The number of nitrogens with one attached hydrogen (secondary N) is 2. The van der Waals surface area contributed by atoms with Crippen LogP contribution in [0.5, 0.6) is 0 Å². The predicted molar refractivity (Wildman–Crippen MR) is 145 cm³/mol. The number of benzene rings is 2. The lowest BCUT2D eigenvalue weighted by Crippen LogP contribution is -2.25. The second-order valence-corrected chi connectivity index (χ2v) is 10.8. The third-order valence-corrected chi connectivity index (χ3v) is 8.61. The fourth-order valence-electron chi connectivity index (χ4n) is 5.04. The average Bonchev–Trinajstić information content (AvgIpc) is 3.63.